The number of fused-ring (bicyclic) bond motifs is 1. The summed E-state index contributed by atoms with van der Waals surface area (Å²) in [5, 5.41) is 19.1. The zero-order valence-electron chi connectivity index (χ0n) is 34.3. The molecule has 1 aromatic heterocycles. The second kappa shape index (κ2) is 21.7. The van der Waals surface area contributed by atoms with E-state index in [1.807, 2.05) is 31.1 Å². The number of aromatic hydroxyl groups is 1. The lowest BCUT2D eigenvalue weighted by molar-refractivity contribution is -0.133. The number of carbonyl (C=O) groups is 4. The predicted molar refractivity (Wildman–Crippen MR) is 233 cm³/mol. The Labute approximate surface area is 354 Å². The smallest absolute Gasteiger partial charge is 0.243 e. The van der Waals surface area contributed by atoms with Gasteiger partial charge >= 0.3 is 0 Å². The van der Waals surface area contributed by atoms with E-state index in [-0.39, 0.29) is 61.7 Å². The Morgan fingerprint density at radius 1 is 0.803 bits per heavy atom. The molecule has 3 aromatic carbocycles. The first-order chi connectivity index (χ1) is 28.9. The van der Waals surface area contributed by atoms with Crippen LogP contribution in [0.5, 0.6) is 5.75 Å². The van der Waals surface area contributed by atoms with E-state index >= 15 is 0 Å². The number of pyridine rings is 1. The number of rotatable bonds is 22. The van der Waals surface area contributed by atoms with Crippen molar-refractivity contribution < 1.29 is 32.7 Å². The van der Waals surface area contributed by atoms with Crippen LogP contribution in [0.4, 0.5) is 5.69 Å². The van der Waals surface area contributed by atoms with Gasteiger partial charge in [0.2, 0.25) is 39.1 Å². The summed E-state index contributed by atoms with van der Waals surface area (Å²) in [6, 6.07) is 15.0. The van der Waals surface area contributed by atoms with E-state index in [0.717, 1.165) is 11.3 Å². The highest BCUT2D eigenvalue weighted by Crippen LogP contribution is 2.30. The van der Waals surface area contributed by atoms with Gasteiger partial charge in [0.1, 0.15) is 18.1 Å². The van der Waals surface area contributed by atoms with Crippen LogP contribution < -0.4 is 53.9 Å². The molecule has 4 atom stereocenters. The predicted octanol–water partition coefficient (Wildman–Crippen LogP) is -0.596. The molecule has 0 bridgehead atoms. The second-order valence-electron chi connectivity index (χ2n) is 14.7. The van der Waals surface area contributed by atoms with Crippen LogP contribution >= 0.6 is 0 Å². The number of aromatic nitrogens is 1. The molecular formula is C41H55N11O8S. The highest BCUT2D eigenvalue weighted by atomic mass is 32.2. The number of nitrogens with zero attached hydrogens (tertiary/aromatic N) is 3. The molecule has 0 saturated heterocycles. The van der Waals surface area contributed by atoms with E-state index in [1.165, 1.54) is 18.3 Å². The van der Waals surface area contributed by atoms with Gasteiger partial charge in [0.25, 0.3) is 0 Å². The number of benzene rings is 3. The Balaban J connectivity index is 1.57. The topological polar surface area (TPSA) is 312 Å². The van der Waals surface area contributed by atoms with Crippen LogP contribution in [-0.2, 0) is 42.2 Å². The van der Waals surface area contributed by atoms with Crippen LogP contribution in [0.2, 0.25) is 0 Å². The van der Waals surface area contributed by atoms with Gasteiger partial charge in [-0.3, -0.25) is 29.0 Å². The summed E-state index contributed by atoms with van der Waals surface area (Å²) in [4.78, 5) is 71.7. The Hall–Kier alpha value is -6.51. The minimum absolute atomic E-state index is 0.0342. The molecule has 0 unspecified atom stereocenters. The number of amides is 4. The zero-order valence-corrected chi connectivity index (χ0v) is 35.2. The maximum Gasteiger partial charge on any atom is 0.243 e. The molecule has 0 saturated carbocycles. The Bertz CT molecular complexity index is 2390. The van der Waals surface area contributed by atoms with E-state index in [4.69, 9.17) is 22.9 Å². The number of hydrogen-bond acceptors (Lipinski definition) is 11. The van der Waals surface area contributed by atoms with Crippen LogP contribution in [-0.4, -0.2) is 99.0 Å². The third-order valence-corrected chi connectivity index (χ3v) is 11.4. The average molecular weight is 862 g/mol. The molecule has 328 valence electrons. The number of nitrogens with one attached hydrogen (secondary N) is 4. The van der Waals surface area contributed by atoms with E-state index in [0.29, 0.717) is 10.8 Å². The van der Waals surface area contributed by atoms with Crippen molar-refractivity contribution >= 4 is 56.1 Å². The summed E-state index contributed by atoms with van der Waals surface area (Å²) in [7, 11) is -0.619. The van der Waals surface area contributed by atoms with Gasteiger partial charge < -0.3 is 53.5 Å². The lowest BCUT2D eigenvalue weighted by Gasteiger charge is -2.26. The molecule has 0 spiro atoms. The number of guanidine groups is 1. The second-order valence-corrected chi connectivity index (χ2v) is 16.4. The first-order valence-corrected chi connectivity index (χ1v) is 21.0. The summed E-state index contributed by atoms with van der Waals surface area (Å²) in [6.45, 7) is 1.22. The first kappa shape index (κ1) is 47.2. The van der Waals surface area contributed by atoms with Crippen molar-refractivity contribution in [2.45, 2.75) is 74.6 Å². The molecule has 13 N–H and O–H groups in total. The number of aryl methyl sites for hydroxylation is 1. The summed E-state index contributed by atoms with van der Waals surface area (Å²) < 4.78 is 31.3. The fraction of sp³-hybridized carbons (Fsp3) is 0.366. The van der Waals surface area contributed by atoms with Gasteiger partial charge in [-0.2, -0.15) is 0 Å². The molecule has 4 amide bonds. The number of hydrogen-bond donors (Lipinski definition) is 9. The molecule has 0 fully saturated rings. The minimum atomic E-state index is -4.27. The fourth-order valence-corrected chi connectivity index (χ4v) is 7.85. The molecule has 0 radical (unpaired) electrons. The normalized spacial score (nSPS) is 13.3. The van der Waals surface area contributed by atoms with Crippen molar-refractivity contribution in [3.63, 3.8) is 0 Å². The van der Waals surface area contributed by atoms with E-state index in [9.17, 15) is 37.5 Å². The standard InChI is InChI=1S/C41H55N11O8S/c1-25-36(54)34(53)19-22-52(25)21-10-16-31(49-39(57)30(15-9-20-46-41(44)45)48-38(56)29(42)23-26-11-5-4-6-12-26)40(58)50-32(37(43)55)24-47-61(59,60)35-18-8-13-27-28(35)14-7-17-33(27)51(2)3/h4-8,11-14,17-19,22,29-32,47,54H,9-10,15-16,20-21,23-24,42H2,1-3H3,(H2,43,55)(H,48,56)(H,49,57)(H,50,58)(H4,44,45,46)/t29-,30+,31-,32-/m1/s1. The monoisotopic (exact) mass is 861 g/mol. The van der Waals surface area contributed by atoms with E-state index in [2.05, 4.69) is 25.7 Å². The molecule has 20 heteroatoms. The molecule has 19 nitrogen and oxygen atoms in total. The van der Waals surface area contributed by atoms with Gasteiger partial charge in [0.15, 0.2) is 11.7 Å². The number of carbonyl (C=O) groups excluding carboxylic acids is 4. The van der Waals surface area contributed by atoms with Crippen LogP contribution in [0, 0.1) is 6.92 Å². The van der Waals surface area contributed by atoms with E-state index in [1.54, 1.807) is 60.0 Å². The molecule has 0 aliphatic rings. The Morgan fingerprint density at radius 3 is 2.05 bits per heavy atom. The summed E-state index contributed by atoms with van der Waals surface area (Å²) in [6.07, 6.45) is 2.05. The van der Waals surface area contributed by atoms with Crippen LogP contribution in [0.1, 0.15) is 36.9 Å². The maximum atomic E-state index is 14.0. The summed E-state index contributed by atoms with van der Waals surface area (Å²) in [5.74, 6) is -3.96. The van der Waals surface area contributed by atoms with Crippen LogP contribution in [0.3, 0.4) is 0 Å². The number of primary amides is 1. The maximum absolute atomic E-state index is 14.0. The summed E-state index contributed by atoms with van der Waals surface area (Å²) >= 11 is 0. The van der Waals surface area contributed by atoms with Crippen LogP contribution in [0.25, 0.3) is 10.8 Å². The molecule has 1 heterocycles. The SMILES string of the molecule is Cc1c(O)c(=O)ccn1CCC[C@@H](NC(=O)[C@H](CCCN=C(N)N)NC(=O)[C@H](N)Cc1ccccc1)C(=O)N[C@H](CNS(=O)(=O)c1cccc2c(N(C)C)cccc12)C(N)=O. The highest BCUT2D eigenvalue weighted by molar-refractivity contribution is 7.89. The van der Waals surface area contributed by atoms with Crippen molar-refractivity contribution in [1.82, 2.24) is 25.2 Å². The fourth-order valence-electron chi connectivity index (χ4n) is 6.58. The third-order valence-electron chi connectivity index (χ3n) is 9.92. The quantitative estimate of drug-likeness (QED) is 0.0272. The lowest BCUT2D eigenvalue weighted by Crippen LogP contribution is -2.59. The highest BCUT2D eigenvalue weighted by Gasteiger charge is 2.31. The minimum Gasteiger partial charge on any atom is -0.503 e. The third kappa shape index (κ3) is 13.2. The van der Waals surface area contributed by atoms with Gasteiger partial charge in [-0.25, -0.2) is 13.1 Å². The largest absolute Gasteiger partial charge is 0.503 e. The number of nitrogens with two attached hydrogens (primary N) is 4. The van der Waals surface area contributed by atoms with Gasteiger partial charge in [-0.05, 0) is 56.7 Å². The van der Waals surface area contributed by atoms with Crippen LogP contribution in [0.15, 0.2) is 93.7 Å². The number of sulfonamides is 1. The Kier molecular flexibility index (Phi) is 16.7. The van der Waals surface area contributed by atoms with Crippen molar-refractivity contribution in [2.24, 2.45) is 27.9 Å². The molecule has 0 aliphatic carbocycles. The van der Waals surface area contributed by atoms with Gasteiger partial charge in [0.05, 0.1) is 16.6 Å². The zero-order chi connectivity index (χ0) is 44.9. The van der Waals surface area contributed by atoms with Gasteiger partial charge in [-0.1, -0.05) is 54.6 Å². The van der Waals surface area contributed by atoms with Gasteiger partial charge in [0, 0.05) is 62.5 Å². The molecule has 0 aliphatic heterocycles. The number of aliphatic imine (C=N–C) groups is 1. The van der Waals surface area contributed by atoms with Crippen molar-refractivity contribution in [1.29, 1.82) is 0 Å². The van der Waals surface area contributed by atoms with Crippen molar-refractivity contribution in [3.8, 4) is 5.75 Å². The van der Waals surface area contributed by atoms with Crippen molar-refractivity contribution in [2.75, 3.05) is 32.1 Å². The Morgan fingerprint density at radius 2 is 1.41 bits per heavy atom. The molecular weight excluding hydrogens is 807 g/mol. The average Bonchev–Trinajstić information content (AvgIpc) is 3.22. The molecule has 4 rings (SSSR count). The van der Waals surface area contributed by atoms with Crippen molar-refractivity contribution in [3.05, 3.63) is 100 Å². The lowest BCUT2D eigenvalue weighted by atomic mass is 10.0. The summed E-state index contributed by atoms with van der Waals surface area (Å²) in [5.41, 5.74) is 24.1. The molecule has 4 aromatic rings. The van der Waals surface area contributed by atoms with Gasteiger partial charge in [-0.15, -0.1) is 0 Å². The number of anilines is 1. The van der Waals surface area contributed by atoms with E-state index < -0.39 is 75.5 Å². The first-order valence-electron chi connectivity index (χ1n) is 19.5. The molecule has 61 heavy (non-hydrogen) atoms.